The predicted octanol–water partition coefficient (Wildman–Crippen LogP) is 2.51. The summed E-state index contributed by atoms with van der Waals surface area (Å²) in [7, 11) is 0. The molecule has 0 saturated carbocycles. The molecule has 1 aromatic carbocycles. The molecule has 1 rings (SSSR count). The van der Waals surface area contributed by atoms with Gasteiger partial charge in [-0.3, -0.25) is 4.79 Å². The first-order valence-corrected chi connectivity index (χ1v) is 5.75. The van der Waals surface area contributed by atoms with Crippen LogP contribution in [0.1, 0.15) is 10.4 Å². The molecule has 0 heterocycles. The van der Waals surface area contributed by atoms with Gasteiger partial charge in [0.2, 0.25) is 0 Å². The quantitative estimate of drug-likeness (QED) is 0.659. The van der Waals surface area contributed by atoms with E-state index in [1.165, 1.54) is 0 Å². The van der Waals surface area contributed by atoms with Gasteiger partial charge < -0.3 is 10.4 Å². The van der Waals surface area contributed by atoms with Crippen LogP contribution >= 0.6 is 11.8 Å². The molecule has 0 saturated heterocycles. The van der Waals surface area contributed by atoms with Crippen molar-refractivity contribution in [3.63, 3.8) is 0 Å². The van der Waals surface area contributed by atoms with Crippen LogP contribution in [0.5, 0.6) is 5.75 Å². The zero-order chi connectivity index (χ0) is 13.8. The number of carbonyl (C=O) groups is 1. The summed E-state index contributed by atoms with van der Waals surface area (Å²) in [4.78, 5) is 11.4. The SMILES string of the molecule is O=C(NCCSC(F)(F)F)c1ccc(O)cc1F. The molecule has 18 heavy (non-hydrogen) atoms. The van der Waals surface area contributed by atoms with Crippen LogP contribution in [0.15, 0.2) is 18.2 Å². The van der Waals surface area contributed by atoms with Crippen molar-refractivity contribution in [1.82, 2.24) is 5.32 Å². The molecule has 2 N–H and O–H groups in total. The van der Waals surface area contributed by atoms with Crippen molar-refractivity contribution >= 4 is 17.7 Å². The molecule has 0 fully saturated rings. The molecule has 0 spiro atoms. The number of carbonyl (C=O) groups excluding carboxylic acids is 1. The van der Waals surface area contributed by atoms with E-state index in [1.54, 1.807) is 0 Å². The van der Waals surface area contributed by atoms with Crippen molar-refractivity contribution in [3.8, 4) is 5.75 Å². The van der Waals surface area contributed by atoms with Crippen molar-refractivity contribution in [1.29, 1.82) is 0 Å². The zero-order valence-corrected chi connectivity index (χ0v) is 9.74. The number of aromatic hydroxyl groups is 1. The fraction of sp³-hybridized carbons (Fsp3) is 0.300. The minimum absolute atomic E-state index is 0.233. The normalized spacial score (nSPS) is 11.3. The number of phenols is 1. The van der Waals surface area contributed by atoms with Crippen molar-refractivity contribution in [3.05, 3.63) is 29.6 Å². The number of nitrogens with one attached hydrogen (secondary N) is 1. The average Bonchev–Trinajstić information content (AvgIpc) is 2.22. The highest BCUT2D eigenvalue weighted by molar-refractivity contribution is 8.00. The van der Waals surface area contributed by atoms with E-state index in [4.69, 9.17) is 5.11 Å². The van der Waals surface area contributed by atoms with Gasteiger partial charge in [-0.05, 0) is 23.9 Å². The summed E-state index contributed by atoms with van der Waals surface area (Å²) >= 11 is -0.271. The lowest BCUT2D eigenvalue weighted by atomic mass is 10.2. The van der Waals surface area contributed by atoms with Crippen molar-refractivity contribution in [2.45, 2.75) is 5.51 Å². The summed E-state index contributed by atoms with van der Waals surface area (Å²) in [6, 6.07) is 2.92. The molecule has 1 aromatic rings. The van der Waals surface area contributed by atoms with Gasteiger partial charge in [-0.15, -0.1) is 0 Å². The van der Waals surface area contributed by atoms with E-state index in [1.807, 2.05) is 0 Å². The summed E-state index contributed by atoms with van der Waals surface area (Å²) in [5, 5.41) is 11.1. The van der Waals surface area contributed by atoms with Crippen molar-refractivity contribution in [2.75, 3.05) is 12.3 Å². The summed E-state index contributed by atoms with van der Waals surface area (Å²) in [6.45, 7) is -0.233. The van der Waals surface area contributed by atoms with Gasteiger partial charge in [-0.2, -0.15) is 13.2 Å². The average molecular weight is 283 g/mol. The fourth-order valence-electron chi connectivity index (χ4n) is 1.11. The highest BCUT2D eigenvalue weighted by Gasteiger charge is 2.27. The van der Waals surface area contributed by atoms with Crippen molar-refractivity contribution < 1.29 is 27.5 Å². The lowest BCUT2D eigenvalue weighted by Gasteiger charge is -2.07. The second kappa shape index (κ2) is 5.94. The van der Waals surface area contributed by atoms with E-state index >= 15 is 0 Å². The molecule has 8 heteroatoms. The third kappa shape index (κ3) is 4.82. The minimum Gasteiger partial charge on any atom is -0.508 e. The van der Waals surface area contributed by atoms with Crippen LogP contribution in [0.2, 0.25) is 0 Å². The minimum atomic E-state index is -4.35. The zero-order valence-electron chi connectivity index (χ0n) is 8.92. The maximum atomic E-state index is 13.2. The molecule has 0 bridgehead atoms. The Labute approximate surface area is 104 Å². The van der Waals surface area contributed by atoms with Crippen LogP contribution in [0, 0.1) is 5.82 Å². The lowest BCUT2D eigenvalue weighted by Crippen LogP contribution is -2.27. The number of hydrogen-bond acceptors (Lipinski definition) is 3. The molecule has 0 aliphatic rings. The van der Waals surface area contributed by atoms with E-state index in [0.717, 1.165) is 18.2 Å². The van der Waals surface area contributed by atoms with Crippen LogP contribution in [-0.2, 0) is 0 Å². The molecule has 0 aromatic heterocycles. The Morgan fingerprint density at radius 3 is 2.61 bits per heavy atom. The van der Waals surface area contributed by atoms with Gasteiger partial charge in [0.1, 0.15) is 11.6 Å². The molecule has 0 unspecified atom stereocenters. The maximum absolute atomic E-state index is 13.2. The van der Waals surface area contributed by atoms with Crippen molar-refractivity contribution in [2.24, 2.45) is 0 Å². The topological polar surface area (TPSA) is 49.3 Å². The Bertz CT molecular complexity index is 436. The number of halogens is 4. The van der Waals surface area contributed by atoms with E-state index in [-0.39, 0.29) is 35.4 Å². The van der Waals surface area contributed by atoms with E-state index in [9.17, 15) is 22.4 Å². The predicted molar refractivity (Wildman–Crippen MR) is 58.9 cm³/mol. The second-order valence-corrected chi connectivity index (χ2v) is 4.37. The first-order chi connectivity index (χ1) is 8.29. The van der Waals surface area contributed by atoms with Crippen LogP contribution < -0.4 is 5.32 Å². The monoisotopic (exact) mass is 283 g/mol. The van der Waals surface area contributed by atoms with Gasteiger partial charge in [-0.25, -0.2) is 4.39 Å². The number of alkyl halides is 3. The first kappa shape index (κ1) is 14.6. The first-order valence-electron chi connectivity index (χ1n) is 4.77. The van der Waals surface area contributed by atoms with Gasteiger partial charge in [0, 0.05) is 18.4 Å². The summed E-state index contributed by atoms with van der Waals surface area (Å²) in [5.41, 5.74) is -4.68. The smallest absolute Gasteiger partial charge is 0.441 e. The standard InChI is InChI=1S/C10H9F4NO2S/c11-8-5-6(16)1-2-7(8)9(17)15-3-4-18-10(12,13)14/h1-2,5,16H,3-4H2,(H,15,17). The molecule has 0 radical (unpaired) electrons. The third-order valence-electron chi connectivity index (χ3n) is 1.85. The Hall–Kier alpha value is -1.44. The molecule has 1 amide bonds. The molecular formula is C10H9F4NO2S. The van der Waals surface area contributed by atoms with E-state index < -0.39 is 17.2 Å². The summed E-state index contributed by atoms with van der Waals surface area (Å²) in [6.07, 6.45) is 0. The number of phenolic OH excluding ortho intramolecular Hbond substituents is 1. The van der Waals surface area contributed by atoms with Crippen LogP contribution in [0.4, 0.5) is 17.6 Å². The van der Waals surface area contributed by atoms with Gasteiger partial charge in [0.05, 0.1) is 5.56 Å². The largest absolute Gasteiger partial charge is 0.508 e. The molecule has 0 aliphatic heterocycles. The van der Waals surface area contributed by atoms with Crippen LogP contribution in [0.3, 0.4) is 0 Å². The van der Waals surface area contributed by atoms with Crippen LogP contribution in [0.25, 0.3) is 0 Å². The third-order valence-corrected chi connectivity index (χ3v) is 2.59. The highest BCUT2D eigenvalue weighted by Crippen LogP contribution is 2.29. The maximum Gasteiger partial charge on any atom is 0.441 e. The molecule has 3 nitrogen and oxygen atoms in total. The van der Waals surface area contributed by atoms with E-state index in [0.29, 0.717) is 0 Å². The van der Waals surface area contributed by atoms with Gasteiger partial charge in [0.15, 0.2) is 0 Å². The summed E-state index contributed by atoms with van der Waals surface area (Å²) < 4.78 is 48.5. The molecule has 100 valence electrons. The Kier molecular flexibility index (Phi) is 4.83. The molecule has 0 atom stereocenters. The van der Waals surface area contributed by atoms with Gasteiger partial charge in [-0.1, -0.05) is 0 Å². The van der Waals surface area contributed by atoms with E-state index in [2.05, 4.69) is 5.32 Å². The Balaban J connectivity index is 2.46. The Morgan fingerprint density at radius 2 is 2.06 bits per heavy atom. The number of benzene rings is 1. The van der Waals surface area contributed by atoms with Gasteiger partial charge in [0.25, 0.3) is 5.91 Å². The Morgan fingerprint density at radius 1 is 1.39 bits per heavy atom. The van der Waals surface area contributed by atoms with Crippen LogP contribution in [-0.4, -0.2) is 28.8 Å². The number of thioether (sulfide) groups is 1. The molecule has 0 aliphatic carbocycles. The number of hydrogen-bond donors (Lipinski definition) is 2. The van der Waals surface area contributed by atoms with Gasteiger partial charge >= 0.3 is 5.51 Å². The number of amides is 1. The molecular weight excluding hydrogens is 274 g/mol. The lowest BCUT2D eigenvalue weighted by molar-refractivity contribution is -0.0327. The summed E-state index contributed by atoms with van der Waals surface area (Å²) in [5.74, 6) is -2.45. The highest BCUT2D eigenvalue weighted by atomic mass is 32.2. The second-order valence-electron chi connectivity index (χ2n) is 3.21. The fourth-order valence-corrected chi connectivity index (χ4v) is 1.55. The number of rotatable bonds is 4.